The molecule has 2 aromatic rings. The zero-order valence-corrected chi connectivity index (χ0v) is 11.0. The largest absolute Gasteiger partial charge is 0.316 e. The number of benzene rings is 1. The summed E-state index contributed by atoms with van der Waals surface area (Å²) in [6.07, 6.45) is 1.66. The minimum absolute atomic E-state index is 0.333. The highest BCUT2D eigenvalue weighted by atomic mass is 19.1. The molecule has 0 spiro atoms. The van der Waals surface area contributed by atoms with Gasteiger partial charge in [-0.25, -0.2) is 8.78 Å². The van der Waals surface area contributed by atoms with Crippen LogP contribution in [0.1, 0.15) is 30.2 Å². The molecule has 1 unspecified atom stereocenters. The van der Waals surface area contributed by atoms with Crippen molar-refractivity contribution < 1.29 is 8.78 Å². The fourth-order valence-electron chi connectivity index (χ4n) is 2.17. The molecule has 0 bridgehead atoms. The van der Waals surface area contributed by atoms with E-state index in [9.17, 15) is 8.78 Å². The number of rotatable bonds is 3. The van der Waals surface area contributed by atoms with E-state index in [2.05, 4.69) is 4.98 Å². The zero-order valence-electron chi connectivity index (χ0n) is 11.0. The number of pyridine rings is 1. The fraction of sp³-hybridized carbons (Fsp3) is 0.267. The quantitative estimate of drug-likeness (QED) is 0.922. The third-order valence-electron chi connectivity index (χ3n) is 3.30. The second kappa shape index (κ2) is 5.05. The first-order chi connectivity index (χ1) is 8.95. The summed E-state index contributed by atoms with van der Waals surface area (Å²) in [7, 11) is 0. The molecule has 4 heteroatoms. The van der Waals surface area contributed by atoms with E-state index in [-0.39, 0.29) is 5.82 Å². The first-order valence-corrected chi connectivity index (χ1v) is 6.14. The van der Waals surface area contributed by atoms with Crippen molar-refractivity contribution >= 4 is 0 Å². The van der Waals surface area contributed by atoms with Crippen LogP contribution < -0.4 is 5.73 Å². The molecule has 2 rings (SSSR count). The van der Waals surface area contributed by atoms with Crippen LogP contribution in [0.2, 0.25) is 0 Å². The van der Waals surface area contributed by atoms with Gasteiger partial charge in [0.25, 0.3) is 0 Å². The van der Waals surface area contributed by atoms with Gasteiger partial charge in [-0.15, -0.1) is 0 Å². The maximum absolute atomic E-state index is 13.5. The molecule has 2 N–H and O–H groups in total. The number of aryl methyl sites for hydroxylation is 1. The Bertz CT molecular complexity index is 561. The molecule has 2 nitrogen and oxygen atoms in total. The maximum atomic E-state index is 13.5. The third-order valence-corrected chi connectivity index (χ3v) is 3.30. The first kappa shape index (κ1) is 13.6. The lowest BCUT2D eigenvalue weighted by Crippen LogP contribution is -2.38. The lowest BCUT2D eigenvalue weighted by atomic mass is 9.84. The van der Waals surface area contributed by atoms with Gasteiger partial charge in [0.15, 0.2) is 0 Å². The van der Waals surface area contributed by atoms with Crippen LogP contribution in [-0.4, -0.2) is 4.98 Å². The van der Waals surface area contributed by atoms with E-state index in [1.54, 1.807) is 13.0 Å². The van der Waals surface area contributed by atoms with Gasteiger partial charge in [-0.1, -0.05) is 13.0 Å². The summed E-state index contributed by atoms with van der Waals surface area (Å²) in [4.78, 5) is 4.03. The molecular weight excluding hydrogens is 246 g/mol. The van der Waals surface area contributed by atoms with Crippen molar-refractivity contribution in [2.75, 3.05) is 0 Å². The van der Waals surface area contributed by atoms with Gasteiger partial charge in [0.2, 0.25) is 0 Å². The molecule has 0 aliphatic heterocycles. The van der Waals surface area contributed by atoms with Gasteiger partial charge in [-0.2, -0.15) is 0 Å². The van der Waals surface area contributed by atoms with Crippen LogP contribution in [0.25, 0.3) is 0 Å². The minimum Gasteiger partial charge on any atom is -0.316 e. The van der Waals surface area contributed by atoms with Gasteiger partial charge in [0, 0.05) is 0 Å². The summed E-state index contributed by atoms with van der Waals surface area (Å²) in [6, 6.07) is 7.53. The standard InChI is InChI=1S/C15H16F2N2/c1-3-15(18,14-5-4-12(16)9-19-14)11-6-10(2)7-13(17)8-11/h4-9H,3,18H2,1-2H3. The highest BCUT2D eigenvalue weighted by molar-refractivity contribution is 5.36. The molecule has 1 aromatic heterocycles. The van der Waals surface area contributed by atoms with E-state index in [0.717, 1.165) is 11.8 Å². The van der Waals surface area contributed by atoms with Crippen LogP contribution >= 0.6 is 0 Å². The zero-order chi connectivity index (χ0) is 14.0. The van der Waals surface area contributed by atoms with Gasteiger partial charge in [-0.3, -0.25) is 4.98 Å². The van der Waals surface area contributed by atoms with Gasteiger partial charge in [0.1, 0.15) is 11.6 Å². The molecule has 0 saturated heterocycles. The summed E-state index contributed by atoms with van der Waals surface area (Å²) in [6.45, 7) is 3.70. The fourth-order valence-corrected chi connectivity index (χ4v) is 2.17. The Hall–Kier alpha value is -1.81. The topological polar surface area (TPSA) is 38.9 Å². The van der Waals surface area contributed by atoms with Crippen molar-refractivity contribution in [3.63, 3.8) is 0 Å². The molecule has 0 aliphatic rings. The van der Waals surface area contributed by atoms with Crippen LogP contribution in [0.4, 0.5) is 8.78 Å². The predicted molar refractivity (Wildman–Crippen MR) is 70.6 cm³/mol. The molecular formula is C15H16F2N2. The van der Waals surface area contributed by atoms with Crippen LogP contribution in [0.5, 0.6) is 0 Å². The normalized spacial score (nSPS) is 14.2. The van der Waals surface area contributed by atoms with E-state index in [0.29, 0.717) is 17.7 Å². The maximum Gasteiger partial charge on any atom is 0.141 e. The number of aromatic nitrogens is 1. The SMILES string of the molecule is CCC(N)(c1cc(C)cc(F)c1)c1ccc(F)cn1. The molecule has 0 saturated carbocycles. The molecule has 100 valence electrons. The minimum atomic E-state index is -0.916. The lowest BCUT2D eigenvalue weighted by Gasteiger charge is -2.28. The number of nitrogens with zero attached hydrogens (tertiary/aromatic N) is 1. The van der Waals surface area contributed by atoms with Crippen LogP contribution in [0.3, 0.4) is 0 Å². The van der Waals surface area contributed by atoms with Crippen molar-refractivity contribution in [3.8, 4) is 0 Å². The van der Waals surface area contributed by atoms with Crippen molar-refractivity contribution in [2.24, 2.45) is 5.73 Å². The van der Waals surface area contributed by atoms with Gasteiger partial charge < -0.3 is 5.73 Å². The summed E-state index contributed by atoms with van der Waals surface area (Å²) in [5, 5.41) is 0. The van der Waals surface area contributed by atoms with Crippen LogP contribution in [0.15, 0.2) is 36.5 Å². The van der Waals surface area contributed by atoms with Gasteiger partial charge >= 0.3 is 0 Å². The number of hydrogen-bond donors (Lipinski definition) is 1. The molecule has 19 heavy (non-hydrogen) atoms. The highest BCUT2D eigenvalue weighted by Gasteiger charge is 2.29. The Kier molecular flexibility index (Phi) is 3.62. The first-order valence-electron chi connectivity index (χ1n) is 6.14. The second-order valence-electron chi connectivity index (χ2n) is 4.70. The molecule has 1 atom stereocenters. The van der Waals surface area contributed by atoms with E-state index < -0.39 is 11.4 Å². The van der Waals surface area contributed by atoms with Gasteiger partial charge in [-0.05, 0) is 48.7 Å². The third kappa shape index (κ3) is 2.63. The smallest absolute Gasteiger partial charge is 0.141 e. The summed E-state index contributed by atoms with van der Waals surface area (Å²) >= 11 is 0. The van der Waals surface area contributed by atoms with Gasteiger partial charge in [0.05, 0.1) is 17.4 Å². The van der Waals surface area contributed by atoms with Crippen LogP contribution in [-0.2, 0) is 5.54 Å². The van der Waals surface area contributed by atoms with E-state index in [4.69, 9.17) is 5.73 Å². The Labute approximate surface area is 111 Å². The van der Waals surface area contributed by atoms with E-state index in [1.165, 1.54) is 18.2 Å². The molecule has 0 radical (unpaired) electrons. The summed E-state index contributed by atoms with van der Waals surface area (Å²) < 4.78 is 26.5. The second-order valence-corrected chi connectivity index (χ2v) is 4.70. The highest BCUT2D eigenvalue weighted by Crippen LogP contribution is 2.30. The van der Waals surface area contributed by atoms with Crippen LogP contribution in [0, 0.1) is 18.6 Å². The van der Waals surface area contributed by atoms with Crippen molar-refractivity contribution in [3.05, 3.63) is 65.0 Å². The Morgan fingerprint density at radius 3 is 2.42 bits per heavy atom. The van der Waals surface area contributed by atoms with Crippen molar-refractivity contribution in [1.82, 2.24) is 4.98 Å². The number of halogens is 2. The Morgan fingerprint density at radius 1 is 1.16 bits per heavy atom. The summed E-state index contributed by atoms with van der Waals surface area (Å²) in [5.41, 5.74) is 7.43. The average molecular weight is 262 g/mol. The van der Waals surface area contributed by atoms with E-state index >= 15 is 0 Å². The summed E-state index contributed by atoms with van der Waals surface area (Å²) in [5.74, 6) is -0.752. The monoisotopic (exact) mass is 262 g/mol. The van der Waals surface area contributed by atoms with E-state index in [1.807, 2.05) is 13.0 Å². The number of nitrogens with two attached hydrogens (primary N) is 1. The Morgan fingerprint density at radius 2 is 1.89 bits per heavy atom. The molecule has 1 heterocycles. The predicted octanol–water partition coefficient (Wildman–Crippen LogP) is 3.28. The molecule has 0 fully saturated rings. The Balaban J connectivity index is 2.55. The van der Waals surface area contributed by atoms with Crippen molar-refractivity contribution in [1.29, 1.82) is 0 Å². The number of hydrogen-bond acceptors (Lipinski definition) is 2. The molecule has 0 amide bonds. The van der Waals surface area contributed by atoms with Crippen molar-refractivity contribution in [2.45, 2.75) is 25.8 Å². The lowest BCUT2D eigenvalue weighted by molar-refractivity contribution is 0.493. The molecule has 1 aromatic carbocycles. The average Bonchev–Trinajstić information content (AvgIpc) is 2.37. The molecule has 0 aliphatic carbocycles.